The second-order valence-electron chi connectivity index (χ2n) is 9.01. The van der Waals surface area contributed by atoms with Crippen molar-refractivity contribution in [3.8, 4) is 5.75 Å². The summed E-state index contributed by atoms with van der Waals surface area (Å²) < 4.78 is 30.7. The average molecular weight is 483 g/mol. The quantitative estimate of drug-likeness (QED) is 0.373. The predicted molar refractivity (Wildman–Crippen MR) is 136 cm³/mol. The van der Waals surface area contributed by atoms with Crippen LogP contribution in [0.5, 0.6) is 5.75 Å². The van der Waals surface area contributed by atoms with E-state index >= 15 is 0 Å². The fraction of sp³-hybridized carbons (Fsp3) is 0.448. The molecule has 1 N–H and O–H groups in total. The molecule has 0 radical (unpaired) electrons. The molecule has 3 rings (SSSR count). The summed E-state index contributed by atoms with van der Waals surface area (Å²) in [6.07, 6.45) is 5.38. The lowest BCUT2D eigenvalue weighted by atomic mass is 9.98. The third-order valence-corrected chi connectivity index (χ3v) is 5.87. The summed E-state index contributed by atoms with van der Waals surface area (Å²) in [6.45, 7) is 8.60. The molecule has 1 aliphatic rings. The van der Waals surface area contributed by atoms with Crippen molar-refractivity contribution >= 4 is 0 Å². The van der Waals surface area contributed by atoms with E-state index in [9.17, 15) is 5.11 Å². The summed E-state index contributed by atoms with van der Waals surface area (Å²) in [6, 6.07) is 17.9. The number of ether oxygens (including phenoxy) is 5. The van der Waals surface area contributed by atoms with Gasteiger partial charge in [-0.3, -0.25) is 0 Å². The van der Waals surface area contributed by atoms with Gasteiger partial charge in [0, 0.05) is 0 Å². The van der Waals surface area contributed by atoms with Gasteiger partial charge in [-0.15, -0.1) is 6.58 Å². The Morgan fingerprint density at radius 2 is 1.46 bits per heavy atom. The van der Waals surface area contributed by atoms with Gasteiger partial charge in [-0.25, -0.2) is 0 Å². The zero-order valence-electron chi connectivity index (χ0n) is 21.0. The smallest absolute Gasteiger partial charge is 0.164 e. The number of hydrogen-bond donors (Lipinski definition) is 1. The Morgan fingerprint density at radius 1 is 0.886 bits per heavy atom. The van der Waals surface area contributed by atoms with E-state index in [0.717, 1.165) is 16.9 Å². The minimum Gasteiger partial charge on any atom is -0.497 e. The molecular formula is C29H38O6. The Balaban J connectivity index is 1.77. The zero-order valence-corrected chi connectivity index (χ0v) is 21.0. The van der Waals surface area contributed by atoms with E-state index in [1.54, 1.807) is 13.2 Å². The van der Waals surface area contributed by atoms with Crippen LogP contribution < -0.4 is 4.74 Å². The van der Waals surface area contributed by atoms with E-state index in [4.69, 9.17) is 23.7 Å². The Bertz CT molecular complexity index is 909. The van der Waals surface area contributed by atoms with Crippen LogP contribution in [-0.4, -0.2) is 49.0 Å². The van der Waals surface area contributed by atoms with Gasteiger partial charge in [-0.2, -0.15) is 0 Å². The van der Waals surface area contributed by atoms with Crippen molar-refractivity contribution in [3.63, 3.8) is 0 Å². The molecule has 6 nitrogen and oxygen atoms in total. The fourth-order valence-corrected chi connectivity index (χ4v) is 4.16. The van der Waals surface area contributed by atoms with Crippen LogP contribution in [0.15, 0.2) is 79.4 Å². The number of benzene rings is 2. The first kappa shape index (κ1) is 27.1. The van der Waals surface area contributed by atoms with E-state index in [1.807, 2.05) is 80.6 Å². The Labute approximate surface area is 209 Å². The second-order valence-corrected chi connectivity index (χ2v) is 9.01. The van der Waals surface area contributed by atoms with Crippen LogP contribution in [0.2, 0.25) is 0 Å². The molecule has 4 atom stereocenters. The van der Waals surface area contributed by atoms with E-state index in [-0.39, 0.29) is 31.0 Å². The highest BCUT2D eigenvalue weighted by Gasteiger charge is 2.48. The summed E-state index contributed by atoms with van der Waals surface area (Å²) in [5.74, 6) is 0.0212. The summed E-state index contributed by atoms with van der Waals surface area (Å²) in [4.78, 5) is 0. The standard InChI is InChI=1S/C29H38O6/c1-5-11-25(32-21-23-15-17-24(31-4)18-16-23)27-28(35-29(2,3)34-27)26(14-9-10-19-30)33-20-22-12-7-6-8-13-22/h5-10,12-13,15-18,25-28,30H,1,11,14,19-21H2,2-4H3/b10-9+/t25-,26+,27-,28-/m1/s1. The summed E-state index contributed by atoms with van der Waals surface area (Å²) >= 11 is 0. The van der Waals surface area contributed by atoms with Crippen molar-refractivity contribution in [2.75, 3.05) is 13.7 Å². The van der Waals surface area contributed by atoms with Gasteiger partial charge in [0.25, 0.3) is 0 Å². The molecule has 0 saturated carbocycles. The molecule has 1 heterocycles. The maximum atomic E-state index is 9.23. The van der Waals surface area contributed by atoms with Crippen LogP contribution in [-0.2, 0) is 32.2 Å². The highest BCUT2D eigenvalue weighted by Crippen LogP contribution is 2.36. The number of hydrogen-bond acceptors (Lipinski definition) is 6. The molecule has 6 heteroatoms. The van der Waals surface area contributed by atoms with Gasteiger partial charge in [0.1, 0.15) is 18.0 Å². The molecule has 0 unspecified atom stereocenters. The van der Waals surface area contributed by atoms with Gasteiger partial charge in [0.05, 0.1) is 39.1 Å². The van der Waals surface area contributed by atoms with Crippen LogP contribution in [0.1, 0.15) is 37.8 Å². The molecule has 0 bridgehead atoms. The van der Waals surface area contributed by atoms with Gasteiger partial charge in [-0.05, 0) is 49.9 Å². The molecule has 1 saturated heterocycles. The average Bonchev–Trinajstić information content (AvgIpc) is 3.19. The van der Waals surface area contributed by atoms with Crippen LogP contribution in [0.3, 0.4) is 0 Å². The summed E-state index contributed by atoms with van der Waals surface area (Å²) in [5.41, 5.74) is 2.12. The van der Waals surface area contributed by atoms with Crippen molar-refractivity contribution in [3.05, 3.63) is 90.5 Å². The Kier molecular flexibility index (Phi) is 10.5. The lowest BCUT2D eigenvalue weighted by Gasteiger charge is -2.30. The van der Waals surface area contributed by atoms with Crippen LogP contribution in [0.25, 0.3) is 0 Å². The van der Waals surface area contributed by atoms with Crippen molar-refractivity contribution < 1.29 is 28.8 Å². The maximum absolute atomic E-state index is 9.23. The minimum atomic E-state index is -0.784. The Hall–Kier alpha value is -2.48. The molecule has 0 amide bonds. The first-order chi connectivity index (χ1) is 17.0. The lowest BCUT2D eigenvalue weighted by molar-refractivity contribution is -0.166. The largest absolute Gasteiger partial charge is 0.497 e. The summed E-state index contributed by atoms with van der Waals surface area (Å²) in [7, 11) is 1.65. The maximum Gasteiger partial charge on any atom is 0.164 e. The molecule has 1 fully saturated rings. The molecule has 35 heavy (non-hydrogen) atoms. The van der Waals surface area contributed by atoms with Crippen LogP contribution in [0, 0.1) is 0 Å². The topological polar surface area (TPSA) is 66.4 Å². The van der Waals surface area contributed by atoms with Crippen LogP contribution >= 0.6 is 0 Å². The highest BCUT2D eigenvalue weighted by molar-refractivity contribution is 5.26. The summed E-state index contributed by atoms with van der Waals surface area (Å²) in [5, 5.41) is 9.23. The van der Waals surface area contributed by atoms with E-state index < -0.39 is 5.79 Å². The third-order valence-electron chi connectivity index (χ3n) is 5.87. The van der Waals surface area contributed by atoms with Crippen molar-refractivity contribution in [1.82, 2.24) is 0 Å². The van der Waals surface area contributed by atoms with Crippen molar-refractivity contribution in [2.24, 2.45) is 0 Å². The van der Waals surface area contributed by atoms with E-state index in [1.165, 1.54) is 0 Å². The normalized spacial score (nSPS) is 21.1. The second kappa shape index (κ2) is 13.6. The SMILES string of the molecule is C=CC[C@@H](OCc1ccc(OC)cc1)[C@H]1OC(C)(C)O[C@@H]1[C@H](C/C=C/CO)OCc1ccccc1. The number of methoxy groups -OCH3 is 1. The van der Waals surface area contributed by atoms with Gasteiger partial charge >= 0.3 is 0 Å². The minimum absolute atomic E-state index is 0.0214. The number of aliphatic hydroxyl groups excluding tert-OH is 1. The van der Waals surface area contributed by atoms with Gasteiger partial charge in [0.15, 0.2) is 5.79 Å². The van der Waals surface area contributed by atoms with Crippen LogP contribution in [0.4, 0.5) is 0 Å². The highest BCUT2D eigenvalue weighted by atomic mass is 16.8. The van der Waals surface area contributed by atoms with Crippen molar-refractivity contribution in [1.29, 1.82) is 0 Å². The molecule has 1 aliphatic heterocycles. The number of rotatable bonds is 14. The molecule has 2 aromatic carbocycles. The zero-order chi connectivity index (χ0) is 25.1. The molecular weight excluding hydrogens is 444 g/mol. The van der Waals surface area contributed by atoms with E-state index in [2.05, 4.69) is 6.58 Å². The fourth-order valence-electron chi connectivity index (χ4n) is 4.16. The predicted octanol–water partition coefficient (Wildman–Crippen LogP) is 5.20. The van der Waals surface area contributed by atoms with Gasteiger partial charge < -0.3 is 28.8 Å². The van der Waals surface area contributed by atoms with Crippen molar-refractivity contribution in [2.45, 2.75) is 70.1 Å². The molecule has 0 aromatic heterocycles. The lowest BCUT2D eigenvalue weighted by Crippen LogP contribution is -2.44. The van der Waals surface area contributed by atoms with E-state index in [0.29, 0.717) is 26.1 Å². The molecule has 2 aromatic rings. The molecule has 0 spiro atoms. The van der Waals surface area contributed by atoms with Gasteiger partial charge in [-0.1, -0.05) is 60.7 Å². The third kappa shape index (κ3) is 8.30. The first-order valence-corrected chi connectivity index (χ1v) is 12.1. The monoisotopic (exact) mass is 482 g/mol. The molecule has 190 valence electrons. The first-order valence-electron chi connectivity index (χ1n) is 12.1. The number of aliphatic hydroxyl groups is 1. The van der Waals surface area contributed by atoms with Gasteiger partial charge in [0.2, 0.25) is 0 Å². The molecule has 0 aliphatic carbocycles. The Morgan fingerprint density at radius 3 is 2.00 bits per heavy atom.